The lowest BCUT2D eigenvalue weighted by molar-refractivity contribution is -0.118. The first kappa shape index (κ1) is 15.0. The Hall–Kier alpha value is -2.40. The highest BCUT2D eigenvalue weighted by Crippen LogP contribution is 2.24. The molecule has 0 heterocycles. The first-order valence-electron chi connectivity index (χ1n) is 6.02. The number of aldehydes is 1. The summed E-state index contributed by atoms with van der Waals surface area (Å²) in [5.41, 5.74) is 0.639. The average molecular weight is 308 g/mol. The summed E-state index contributed by atoms with van der Waals surface area (Å²) in [5, 5.41) is 2.79. The van der Waals surface area contributed by atoms with Gasteiger partial charge in [-0.25, -0.2) is 4.39 Å². The zero-order chi connectivity index (χ0) is 15.2. The number of anilines is 1. The molecule has 0 spiro atoms. The van der Waals surface area contributed by atoms with Crippen LogP contribution in [0.2, 0.25) is 5.02 Å². The number of nitrogens with one attached hydrogen (secondary N) is 1. The lowest BCUT2D eigenvalue weighted by atomic mass is 10.2. The number of amides is 1. The van der Waals surface area contributed by atoms with Crippen molar-refractivity contribution in [2.75, 3.05) is 11.9 Å². The molecule has 0 aliphatic heterocycles. The van der Waals surface area contributed by atoms with E-state index in [0.717, 1.165) is 0 Å². The Morgan fingerprint density at radius 3 is 2.62 bits per heavy atom. The van der Waals surface area contributed by atoms with Gasteiger partial charge in [-0.05, 0) is 36.4 Å². The van der Waals surface area contributed by atoms with E-state index in [-0.39, 0.29) is 28.8 Å². The Kier molecular flexibility index (Phi) is 4.90. The van der Waals surface area contributed by atoms with Crippen LogP contribution in [0.3, 0.4) is 0 Å². The Bertz CT molecular complexity index is 658. The fraction of sp³-hybridized carbons (Fsp3) is 0.0667. The maximum Gasteiger partial charge on any atom is 0.262 e. The molecule has 1 N–H and O–H groups in total. The van der Waals surface area contributed by atoms with Crippen molar-refractivity contribution >= 4 is 29.5 Å². The predicted molar refractivity (Wildman–Crippen MR) is 77.4 cm³/mol. The molecule has 4 nitrogen and oxygen atoms in total. The van der Waals surface area contributed by atoms with E-state index in [9.17, 15) is 14.0 Å². The molecule has 108 valence electrons. The second-order valence-corrected chi connectivity index (χ2v) is 4.52. The summed E-state index contributed by atoms with van der Waals surface area (Å²) in [4.78, 5) is 22.6. The van der Waals surface area contributed by atoms with Gasteiger partial charge in [0.1, 0.15) is 11.6 Å². The number of carbonyl (C=O) groups excluding carboxylic acids is 2. The molecule has 6 heteroatoms. The summed E-state index contributed by atoms with van der Waals surface area (Å²) in [6.07, 6.45) is 0.565. The Morgan fingerprint density at radius 2 is 1.95 bits per heavy atom. The number of ether oxygens (including phenoxy) is 1. The molecule has 2 rings (SSSR count). The third-order valence-corrected chi connectivity index (χ3v) is 2.95. The van der Waals surface area contributed by atoms with E-state index in [1.54, 1.807) is 18.2 Å². The molecule has 0 radical (unpaired) electrons. The minimum atomic E-state index is -0.432. The molecular weight excluding hydrogens is 297 g/mol. The highest BCUT2D eigenvalue weighted by molar-refractivity contribution is 6.33. The Balaban J connectivity index is 1.97. The van der Waals surface area contributed by atoms with Crippen molar-refractivity contribution < 1.29 is 18.7 Å². The smallest absolute Gasteiger partial charge is 0.262 e. The molecule has 21 heavy (non-hydrogen) atoms. The third-order valence-electron chi connectivity index (χ3n) is 2.62. The van der Waals surface area contributed by atoms with Crippen LogP contribution in [-0.2, 0) is 4.79 Å². The predicted octanol–water partition coefficient (Wildman–Crippen LogP) is 3.31. The normalized spacial score (nSPS) is 10.0. The first-order chi connectivity index (χ1) is 10.1. The standard InChI is InChI=1S/C15H11ClFNO3/c16-13-2-1-3-14(12(13)8-19)21-9-15(20)18-11-6-4-10(17)5-7-11/h1-8H,9H2,(H,18,20). The van der Waals surface area contributed by atoms with Crippen molar-refractivity contribution in [2.45, 2.75) is 0 Å². The minimum absolute atomic E-state index is 0.189. The molecule has 0 unspecified atom stereocenters. The van der Waals surface area contributed by atoms with Gasteiger partial charge in [-0.15, -0.1) is 0 Å². The third kappa shape index (κ3) is 4.03. The van der Waals surface area contributed by atoms with Gasteiger partial charge < -0.3 is 10.1 Å². The maximum absolute atomic E-state index is 12.7. The zero-order valence-electron chi connectivity index (χ0n) is 10.8. The van der Waals surface area contributed by atoms with E-state index in [0.29, 0.717) is 12.0 Å². The van der Waals surface area contributed by atoms with Crippen LogP contribution in [0.5, 0.6) is 5.75 Å². The summed E-state index contributed by atoms with van der Waals surface area (Å²) in [6.45, 7) is -0.293. The first-order valence-corrected chi connectivity index (χ1v) is 6.40. The highest BCUT2D eigenvalue weighted by Gasteiger charge is 2.09. The van der Waals surface area contributed by atoms with E-state index in [1.165, 1.54) is 24.3 Å². The van der Waals surface area contributed by atoms with E-state index in [4.69, 9.17) is 16.3 Å². The van der Waals surface area contributed by atoms with E-state index in [2.05, 4.69) is 5.32 Å². The van der Waals surface area contributed by atoms with Gasteiger partial charge in [0.25, 0.3) is 5.91 Å². The monoisotopic (exact) mass is 307 g/mol. The zero-order valence-corrected chi connectivity index (χ0v) is 11.6. The van der Waals surface area contributed by atoms with Crippen LogP contribution in [0.15, 0.2) is 42.5 Å². The number of rotatable bonds is 5. The van der Waals surface area contributed by atoms with E-state index >= 15 is 0 Å². The summed E-state index contributed by atoms with van der Waals surface area (Å²) < 4.78 is 18.0. The molecular formula is C15H11ClFNO3. The summed E-state index contributed by atoms with van der Waals surface area (Å²) in [6, 6.07) is 10.0. The molecule has 0 saturated heterocycles. The van der Waals surface area contributed by atoms with Crippen LogP contribution >= 0.6 is 11.6 Å². The summed E-state index contributed by atoms with van der Waals surface area (Å²) in [7, 11) is 0. The van der Waals surface area contributed by atoms with Gasteiger partial charge in [0, 0.05) is 5.69 Å². The van der Waals surface area contributed by atoms with Gasteiger partial charge in [0.15, 0.2) is 12.9 Å². The van der Waals surface area contributed by atoms with Gasteiger partial charge in [0.05, 0.1) is 10.6 Å². The molecule has 0 bridgehead atoms. The number of benzene rings is 2. The van der Waals surface area contributed by atoms with Crippen molar-refractivity contribution in [1.29, 1.82) is 0 Å². The molecule has 0 saturated carbocycles. The van der Waals surface area contributed by atoms with Crippen LogP contribution in [0.1, 0.15) is 10.4 Å². The molecule has 0 atom stereocenters. The number of carbonyl (C=O) groups is 2. The van der Waals surface area contributed by atoms with Gasteiger partial charge in [-0.3, -0.25) is 9.59 Å². The van der Waals surface area contributed by atoms with Crippen LogP contribution in [0, 0.1) is 5.82 Å². The van der Waals surface area contributed by atoms with Crippen LogP contribution in [0.4, 0.5) is 10.1 Å². The fourth-order valence-corrected chi connectivity index (χ4v) is 1.84. The van der Waals surface area contributed by atoms with E-state index < -0.39 is 5.91 Å². The Labute approximate surface area is 125 Å². The largest absolute Gasteiger partial charge is 0.483 e. The summed E-state index contributed by atoms with van der Waals surface area (Å²) >= 11 is 5.84. The fourth-order valence-electron chi connectivity index (χ4n) is 1.63. The van der Waals surface area contributed by atoms with Gasteiger partial charge in [0.2, 0.25) is 0 Å². The molecule has 2 aromatic rings. The van der Waals surface area contributed by atoms with Crippen LogP contribution in [0.25, 0.3) is 0 Å². The molecule has 2 aromatic carbocycles. The molecule has 0 aromatic heterocycles. The van der Waals surface area contributed by atoms with Gasteiger partial charge >= 0.3 is 0 Å². The van der Waals surface area contributed by atoms with Crippen molar-refractivity contribution in [3.8, 4) is 5.75 Å². The second-order valence-electron chi connectivity index (χ2n) is 4.11. The quantitative estimate of drug-likeness (QED) is 0.862. The summed E-state index contributed by atoms with van der Waals surface area (Å²) in [5.74, 6) is -0.594. The lowest BCUT2D eigenvalue weighted by Crippen LogP contribution is -2.20. The minimum Gasteiger partial charge on any atom is -0.483 e. The van der Waals surface area contributed by atoms with Crippen LogP contribution < -0.4 is 10.1 Å². The number of hydrogen-bond donors (Lipinski definition) is 1. The topological polar surface area (TPSA) is 55.4 Å². The lowest BCUT2D eigenvalue weighted by Gasteiger charge is -2.09. The molecule has 1 amide bonds. The highest BCUT2D eigenvalue weighted by atomic mass is 35.5. The van der Waals surface area contributed by atoms with Crippen LogP contribution in [-0.4, -0.2) is 18.8 Å². The molecule has 0 aliphatic carbocycles. The molecule has 0 aliphatic rings. The number of halogens is 2. The van der Waals surface area contributed by atoms with Crippen molar-refractivity contribution in [2.24, 2.45) is 0 Å². The average Bonchev–Trinajstić information content (AvgIpc) is 2.47. The van der Waals surface area contributed by atoms with Crippen molar-refractivity contribution in [3.63, 3.8) is 0 Å². The maximum atomic E-state index is 12.7. The SMILES string of the molecule is O=Cc1c(Cl)cccc1OCC(=O)Nc1ccc(F)cc1. The molecule has 0 fully saturated rings. The van der Waals surface area contributed by atoms with E-state index in [1.807, 2.05) is 0 Å². The number of hydrogen-bond acceptors (Lipinski definition) is 3. The van der Waals surface area contributed by atoms with Gasteiger partial charge in [-0.2, -0.15) is 0 Å². The van der Waals surface area contributed by atoms with Crippen molar-refractivity contribution in [1.82, 2.24) is 0 Å². The van der Waals surface area contributed by atoms with Crippen molar-refractivity contribution in [3.05, 3.63) is 58.9 Å². The Morgan fingerprint density at radius 1 is 1.24 bits per heavy atom. The second kappa shape index (κ2) is 6.85. The van der Waals surface area contributed by atoms with Gasteiger partial charge in [-0.1, -0.05) is 17.7 Å².